The maximum Gasteiger partial charge on any atom is 0.334 e. The number of carbonyl (C=O) groups is 1. The van der Waals surface area contributed by atoms with Crippen molar-refractivity contribution in [3.63, 3.8) is 0 Å². The molecule has 3 nitrogen and oxygen atoms in total. The minimum Gasteiger partial charge on any atom is -0.466 e. The molecule has 4 heteroatoms. The molecule has 1 aliphatic rings. The molecule has 0 N–H and O–H groups in total. The lowest BCUT2D eigenvalue weighted by Gasteiger charge is -2.27. The van der Waals surface area contributed by atoms with E-state index in [0.29, 0.717) is 12.2 Å². The van der Waals surface area contributed by atoms with Crippen LogP contribution in [0.1, 0.15) is 12.5 Å². The molecule has 20 heavy (non-hydrogen) atoms. The molecule has 0 aromatic heterocycles. The molecule has 2 rings (SSSR count). The fourth-order valence-electron chi connectivity index (χ4n) is 1.99. The molecule has 2 atom stereocenters. The number of benzene rings is 1. The highest BCUT2D eigenvalue weighted by atomic mass is 127. The number of halogens is 1. The van der Waals surface area contributed by atoms with Crippen LogP contribution in [0.3, 0.4) is 0 Å². The Labute approximate surface area is 132 Å². The predicted molar refractivity (Wildman–Crippen MR) is 86.4 cm³/mol. The Balaban J connectivity index is 2.11. The standard InChI is InChI=1S/C16H17IO3/c1-12-8-9-16(17,10-14(12)15(18)19-2)20-11-13-6-4-3-5-7-13/h3-10,12H,11H2,1-2H3. The van der Waals surface area contributed by atoms with Gasteiger partial charge in [-0.3, -0.25) is 0 Å². The average molecular weight is 384 g/mol. The van der Waals surface area contributed by atoms with Crippen molar-refractivity contribution in [3.05, 3.63) is 59.7 Å². The zero-order valence-electron chi connectivity index (χ0n) is 11.5. The van der Waals surface area contributed by atoms with Crippen LogP contribution in [0.15, 0.2) is 54.1 Å². The maximum atomic E-state index is 11.8. The summed E-state index contributed by atoms with van der Waals surface area (Å²) >= 11 is 2.20. The van der Waals surface area contributed by atoms with Crippen LogP contribution in [0, 0.1) is 5.92 Å². The number of carbonyl (C=O) groups excluding carboxylic acids is 1. The minimum atomic E-state index is -0.608. The Morgan fingerprint density at radius 1 is 1.35 bits per heavy atom. The molecule has 0 bridgehead atoms. The van der Waals surface area contributed by atoms with Crippen LogP contribution >= 0.6 is 22.6 Å². The highest BCUT2D eigenvalue weighted by molar-refractivity contribution is 14.1. The summed E-state index contributed by atoms with van der Waals surface area (Å²) in [6.45, 7) is 2.46. The van der Waals surface area contributed by atoms with Gasteiger partial charge in [0.2, 0.25) is 0 Å². The molecular weight excluding hydrogens is 367 g/mol. The molecule has 0 saturated heterocycles. The van der Waals surface area contributed by atoms with Gasteiger partial charge in [0, 0.05) is 11.5 Å². The quantitative estimate of drug-likeness (QED) is 0.344. The Hall–Kier alpha value is -1.14. The largest absolute Gasteiger partial charge is 0.466 e. The number of methoxy groups -OCH3 is 1. The van der Waals surface area contributed by atoms with Gasteiger partial charge >= 0.3 is 5.97 Å². The van der Waals surface area contributed by atoms with Crippen LogP contribution in [0.5, 0.6) is 0 Å². The second-order valence-electron chi connectivity index (χ2n) is 4.71. The third kappa shape index (κ3) is 3.70. The lowest BCUT2D eigenvalue weighted by atomic mass is 9.94. The van der Waals surface area contributed by atoms with E-state index in [1.807, 2.05) is 55.5 Å². The van der Waals surface area contributed by atoms with Crippen molar-refractivity contribution in [1.29, 1.82) is 0 Å². The van der Waals surface area contributed by atoms with Crippen LogP contribution in [0.4, 0.5) is 0 Å². The smallest absolute Gasteiger partial charge is 0.334 e. The van der Waals surface area contributed by atoms with E-state index in [1.165, 1.54) is 7.11 Å². The summed E-state index contributed by atoms with van der Waals surface area (Å²) in [5.41, 5.74) is 1.74. The van der Waals surface area contributed by atoms with Crippen molar-refractivity contribution in [1.82, 2.24) is 0 Å². The molecule has 1 aliphatic carbocycles. The number of esters is 1. The van der Waals surface area contributed by atoms with Crippen molar-refractivity contribution in [2.75, 3.05) is 7.11 Å². The summed E-state index contributed by atoms with van der Waals surface area (Å²) < 4.78 is 10.2. The number of ether oxygens (including phenoxy) is 2. The van der Waals surface area contributed by atoms with E-state index >= 15 is 0 Å². The molecule has 0 radical (unpaired) electrons. The topological polar surface area (TPSA) is 35.5 Å². The maximum absolute atomic E-state index is 11.8. The van der Waals surface area contributed by atoms with Gasteiger partial charge in [-0.2, -0.15) is 0 Å². The van der Waals surface area contributed by atoms with Crippen molar-refractivity contribution in [2.24, 2.45) is 5.92 Å². The molecule has 106 valence electrons. The van der Waals surface area contributed by atoms with Gasteiger partial charge in [0.05, 0.1) is 13.7 Å². The zero-order chi connectivity index (χ0) is 14.6. The van der Waals surface area contributed by atoms with Crippen molar-refractivity contribution in [2.45, 2.75) is 17.1 Å². The van der Waals surface area contributed by atoms with Crippen LogP contribution in [0.2, 0.25) is 0 Å². The average Bonchev–Trinajstić information content (AvgIpc) is 2.48. The molecule has 0 heterocycles. The Morgan fingerprint density at radius 2 is 2.05 bits per heavy atom. The van der Waals surface area contributed by atoms with Crippen LogP contribution in [0.25, 0.3) is 0 Å². The Morgan fingerprint density at radius 3 is 2.70 bits per heavy atom. The van der Waals surface area contributed by atoms with Gasteiger partial charge in [-0.05, 0) is 40.3 Å². The van der Waals surface area contributed by atoms with E-state index in [-0.39, 0.29) is 11.9 Å². The normalized spacial score (nSPS) is 25.1. The first-order valence-corrected chi connectivity index (χ1v) is 7.49. The van der Waals surface area contributed by atoms with E-state index in [2.05, 4.69) is 22.6 Å². The molecule has 1 aromatic rings. The first-order valence-electron chi connectivity index (χ1n) is 6.41. The van der Waals surface area contributed by atoms with Gasteiger partial charge < -0.3 is 9.47 Å². The number of rotatable bonds is 4. The van der Waals surface area contributed by atoms with Gasteiger partial charge in [0.15, 0.2) is 3.61 Å². The SMILES string of the molecule is COC(=O)C1=CC(I)(OCc2ccccc2)C=CC1C. The third-order valence-electron chi connectivity index (χ3n) is 3.18. The Bertz CT molecular complexity index is 536. The van der Waals surface area contributed by atoms with Gasteiger partial charge in [-0.15, -0.1) is 0 Å². The lowest BCUT2D eigenvalue weighted by Crippen LogP contribution is -2.26. The summed E-state index contributed by atoms with van der Waals surface area (Å²) in [5.74, 6) is -0.253. The van der Waals surface area contributed by atoms with Crippen molar-refractivity contribution < 1.29 is 14.3 Å². The lowest BCUT2D eigenvalue weighted by molar-refractivity contribution is -0.136. The van der Waals surface area contributed by atoms with Crippen LogP contribution in [-0.2, 0) is 20.9 Å². The summed E-state index contributed by atoms with van der Waals surface area (Å²) in [5, 5.41) is 0. The number of hydrogen-bond acceptors (Lipinski definition) is 3. The van der Waals surface area contributed by atoms with Crippen LogP contribution in [-0.4, -0.2) is 16.7 Å². The van der Waals surface area contributed by atoms with Crippen molar-refractivity contribution in [3.8, 4) is 0 Å². The third-order valence-corrected chi connectivity index (χ3v) is 4.16. The first kappa shape index (κ1) is 15.3. The highest BCUT2D eigenvalue weighted by Crippen LogP contribution is 2.34. The van der Waals surface area contributed by atoms with Gasteiger partial charge in [-0.1, -0.05) is 43.3 Å². The van der Waals surface area contributed by atoms with Crippen LogP contribution < -0.4 is 0 Å². The van der Waals surface area contributed by atoms with E-state index in [9.17, 15) is 4.79 Å². The minimum absolute atomic E-state index is 0.0469. The van der Waals surface area contributed by atoms with Crippen molar-refractivity contribution >= 4 is 28.6 Å². The molecule has 0 aliphatic heterocycles. The molecule has 2 unspecified atom stereocenters. The summed E-state index contributed by atoms with van der Waals surface area (Å²) in [4.78, 5) is 11.8. The van der Waals surface area contributed by atoms with E-state index in [1.54, 1.807) is 0 Å². The van der Waals surface area contributed by atoms with E-state index < -0.39 is 3.61 Å². The molecule has 0 spiro atoms. The number of alkyl halides is 1. The van der Waals surface area contributed by atoms with Gasteiger partial charge in [0.1, 0.15) is 0 Å². The summed E-state index contributed by atoms with van der Waals surface area (Å²) in [7, 11) is 1.40. The first-order chi connectivity index (χ1) is 9.54. The molecule has 1 aromatic carbocycles. The molecule has 0 saturated carbocycles. The van der Waals surface area contributed by atoms with Gasteiger partial charge in [0.25, 0.3) is 0 Å². The zero-order valence-corrected chi connectivity index (χ0v) is 13.7. The molecular formula is C16H17IO3. The molecule has 0 fully saturated rings. The van der Waals surface area contributed by atoms with E-state index in [4.69, 9.17) is 9.47 Å². The summed E-state index contributed by atoms with van der Waals surface area (Å²) in [6.07, 6.45) is 5.80. The number of allylic oxidation sites excluding steroid dienone is 1. The predicted octanol–water partition coefficient (Wildman–Crippen LogP) is 3.64. The summed E-state index contributed by atoms with van der Waals surface area (Å²) in [6, 6.07) is 9.96. The Kier molecular flexibility index (Phi) is 4.99. The molecule has 0 amide bonds. The monoisotopic (exact) mass is 384 g/mol. The second-order valence-corrected chi connectivity index (χ2v) is 6.40. The highest BCUT2D eigenvalue weighted by Gasteiger charge is 2.30. The van der Waals surface area contributed by atoms with E-state index in [0.717, 1.165) is 5.56 Å². The fraction of sp³-hybridized carbons (Fsp3) is 0.312. The fourth-order valence-corrected chi connectivity index (χ4v) is 2.69. The number of hydrogen-bond donors (Lipinski definition) is 0. The van der Waals surface area contributed by atoms with Gasteiger partial charge in [-0.25, -0.2) is 4.79 Å². The second kappa shape index (κ2) is 6.54.